The van der Waals surface area contributed by atoms with E-state index in [1.54, 1.807) is 6.33 Å². The summed E-state index contributed by atoms with van der Waals surface area (Å²) < 4.78 is 0. The molecule has 1 N–H and O–H groups in total. The molecule has 0 amide bonds. The van der Waals surface area contributed by atoms with E-state index in [9.17, 15) is 0 Å². The van der Waals surface area contributed by atoms with Gasteiger partial charge in [0, 0.05) is 11.9 Å². The third-order valence-corrected chi connectivity index (χ3v) is 2.03. The molecule has 68 valence electrons. The molecule has 0 aromatic carbocycles. The van der Waals surface area contributed by atoms with Crippen LogP contribution in [0.3, 0.4) is 0 Å². The van der Waals surface area contributed by atoms with E-state index < -0.39 is 0 Å². The van der Waals surface area contributed by atoms with Crippen molar-refractivity contribution >= 4 is 0 Å². The molecule has 2 nitrogen and oxygen atoms in total. The summed E-state index contributed by atoms with van der Waals surface area (Å²) in [5.41, 5.74) is 1.26. The summed E-state index contributed by atoms with van der Waals surface area (Å²) in [5, 5.41) is 0. The molecule has 0 aliphatic heterocycles. The van der Waals surface area contributed by atoms with Crippen molar-refractivity contribution in [3.05, 3.63) is 18.2 Å². The average molecular weight is 166 g/mol. The fraction of sp³-hybridized carbons (Fsp3) is 0.700. The van der Waals surface area contributed by atoms with Crippen LogP contribution < -0.4 is 0 Å². The maximum absolute atomic E-state index is 3.98. The summed E-state index contributed by atoms with van der Waals surface area (Å²) in [5.74, 6) is 0.840. The molecular weight excluding hydrogens is 148 g/mol. The van der Waals surface area contributed by atoms with E-state index >= 15 is 0 Å². The summed E-state index contributed by atoms with van der Waals surface area (Å²) in [6.45, 7) is 4.55. The van der Waals surface area contributed by atoms with Crippen LogP contribution in [-0.2, 0) is 6.42 Å². The summed E-state index contributed by atoms with van der Waals surface area (Å²) >= 11 is 0. The fourth-order valence-electron chi connectivity index (χ4n) is 1.29. The van der Waals surface area contributed by atoms with Crippen LogP contribution in [0.1, 0.15) is 38.8 Å². The fourth-order valence-corrected chi connectivity index (χ4v) is 1.29. The van der Waals surface area contributed by atoms with Gasteiger partial charge in [-0.15, -0.1) is 0 Å². The van der Waals surface area contributed by atoms with Crippen LogP contribution in [0.5, 0.6) is 0 Å². The van der Waals surface area contributed by atoms with E-state index in [1.165, 1.54) is 25.0 Å². The molecule has 0 aliphatic rings. The number of aryl methyl sites for hydroxylation is 1. The molecule has 0 saturated carbocycles. The van der Waals surface area contributed by atoms with E-state index in [1.807, 2.05) is 6.20 Å². The molecule has 1 rings (SSSR count). The molecule has 0 atom stereocenters. The average Bonchev–Trinajstić information content (AvgIpc) is 2.49. The predicted molar refractivity (Wildman–Crippen MR) is 51.0 cm³/mol. The number of nitrogens with zero attached hydrogens (tertiary/aromatic N) is 1. The molecule has 0 aliphatic carbocycles. The number of hydrogen-bond donors (Lipinski definition) is 1. The van der Waals surface area contributed by atoms with Gasteiger partial charge in [-0.2, -0.15) is 0 Å². The zero-order chi connectivity index (χ0) is 8.81. The second kappa shape index (κ2) is 4.96. The number of imidazole rings is 1. The number of hydrogen-bond acceptors (Lipinski definition) is 1. The molecule has 0 saturated heterocycles. The standard InChI is InChI=1S/C10H18N2/c1-9(2)5-3-4-6-10-7-11-8-12-10/h7-9H,3-6H2,1-2H3,(H,11,12). The van der Waals surface area contributed by atoms with E-state index in [4.69, 9.17) is 0 Å². The minimum Gasteiger partial charge on any atom is -0.348 e. The van der Waals surface area contributed by atoms with Crippen molar-refractivity contribution in [1.29, 1.82) is 0 Å². The SMILES string of the molecule is CC(C)CCCCc1cnc[nH]1. The third kappa shape index (κ3) is 3.56. The highest BCUT2D eigenvalue weighted by Gasteiger charge is 1.96. The number of nitrogens with one attached hydrogen (secondary N) is 1. The normalized spacial score (nSPS) is 10.9. The molecule has 0 bridgehead atoms. The minimum absolute atomic E-state index is 0.840. The van der Waals surface area contributed by atoms with Gasteiger partial charge in [-0.05, 0) is 18.8 Å². The quantitative estimate of drug-likeness (QED) is 0.669. The molecule has 1 aromatic rings. The van der Waals surface area contributed by atoms with Gasteiger partial charge in [-0.1, -0.05) is 26.7 Å². The van der Waals surface area contributed by atoms with Crippen LogP contribution in [0.4, 0.5) is 0 Å². The summed E-state index contributed by atoms with van der Waals surface area (Å²) in [6.07, 6.45) is 8.76. The number of H-pyrrole nitrogens is 1. The van der Waals surface area contributed by atoms with Gasteiger partial charge in [0.15, 0.2) is 0 Å². The lowest BCUT2D eigenvalue weighted by Gasteiger charge is -2.02. The predicted octanol–water partition coefficient (Wildman–Crippen LogP) is 2.78. The largest absolute Gasteiger partial charge is 0.348 e. The van der Waals surface area contributed by atoms with Gasteiger partial charge < -0.3 is 4.98 Å². The van der Waals surface area contributed by atoms with Gasteiger partial charge in [0.2, 0.25) is 0 Å². The van der Waals surface area contributed by atoms with Crippen molar-refractivity contribution < 1.29 is 0 Å². The van der Waals surface area contributed by atoms with Gasteiger partial charge in [-0.25, -0.2) is 4.98 Å². The number of unbranched alkanes of at least 4 members (excludes halogenated alkanes) is 1. The van der Waals surface area contributed by atoms with E-state index in [0.717, 1.165) is 12.3 Å². The first kappa shape index (κ1) is 9.30. The lowest BCUT2D eigenvalue weighted by atomic mass is 10.0. The highest BCUT2D eigenvalue weighted by atomic mass is 14.9. The van der Waals surface area contributed by atoms with Crippen LogP contribution in [0.25, 0.3) is 0 Å². The van der Waals surface area contributed by atoms with Crippen molar-refractivity contribution in [2.24, 2.45) is 5.92 Å². The second-order valence-electron chi connectivity index (χ2n) is 3.72. The van der Waals surface area contributed by atoms with Crippen LogP contribution in [-0.4, -0.2) is 9.97 Å². The Morgan fingerprint density at radius 3 is 2.83 bits per heavy atom. The maximum Gasteiger partial charge on any atom is 0.0921 e. The van der Waals surface area contributed by atoms with Gasteiger partial charge in [0.05, 0.1) is 6.33 Å². The molecule has 0 radical (unpaired) electrons. The molecule has 1 aromatic heterocycles. The summed E-state index contributed by atoms with van der Waals surface area (Å²) in [4.78, 5) is 7.09. The van der Waals surface area contributed by atoms with Crippen LogP contribution in [0, 0.1) is 5.92 Å². The van der Waals surface area contributed by atoms with E-state index in [2.05, 4.69) is 23.8 Å². The number of aromatic nitrogens is 2. The van der Waals surface area contributed by atoms with Crippen molar-refractivity contribution in [2.45, 2.75) is 39.5 Å². The lowest BCUT2D eigenvalue weighted by Crippen LogP contribution is -1.89. The Kier molecular flexibility index (Phi) is 3.85. The number of aromatic amines is 1. The Hall–Kier alpha value is -0.790. The Morgan fingerprint density at radius 1 is 1.42 bits per heavy atom. The van der Waals surface area contributed by atoms with Crippen LogP contribution in [0.2, 0.25) is 0 Å². The highest BCUT2D eigenvalue weighted by molar-refractivity contribution is 4.93. The maximum atomic E-state index is 3.98. The Morgan fingerprint density at radius 2 is 2.25 bits per heavy atom. The Balaban J connectivity index is 2.04. The van der Waals surface area contributed by atoms with Crippen LogP contribution in [0.15, 0.2) is 12.5 Å². The second-order valence-corrected chi connectivity index (χ2v) is 3.72. The zero-order valence-electron chi connectivity index (χ0n) is 8.01. The third-order valence-electron chi connectivity index (χ3n) is 2.03. The van der Waals surface area contributed by atoms with E-state index in [0.29, 0.717) is 0 Å². The van der Waals surface area contributed by atoms with Gasteiger partial charge in [0.1, 0.15) is 0 Å². The van der Waals surface area contributed by atoms with Crippen molar-refractivity contribution in [3.63, 3.8) is 0 Å². The van der Waals surface area contributed by atoms with Gasteiger partial charge >= 0.3 is 0 Å². The summed E-state index contributed by atoms with van der Waals surface area (Å²) in [6, 6.07) is 0. The zero-order valence-corrected chi connectivity index (χ0v) is 8.01. The highest BCUT2D eigenvalue weighted by Crippen LogP contribution is 2.08. The van der Waals surface area contributed by atoms with Gasteiger partial charge in [0.25, 0.3) is 0 Å². The molecule has 0 spiro atoms. The van der Waals surface area contributed by atoms with Crippen molar-refractivity contribution in [1.82, 2.24) is 9.97 Å². The van der Waals surface area contributed by atoms with E-state index in [-0.39, 0.29) is 0 Å². The Bertz CT molecular complexity index is 190. The van der Waals surface area contributed by atoms with Crippen molar-refractivity contribution in [2.75, 3.05) is 0 Å². The first-order chi connectivity index (χ1) is 5.79. The lowest BCUT2D eigenvalue weighted by molar-refractivity contribution is 0.537. The smallest absolute Gasteiger partial charge is 0.0921 e. The Labute approximate surface area is 74.4 Å². The molecule has 1 heterocycles. The summed E-state index contributed by atoms with van der Waals surface area (Å²) in [7, 11) is 0. The molecule has 12 heavy (non-hydrogen) atoms. The monoisotopic (exact) mass is 166 g/mol. The number of rotatable bonds is 5. The van der Waals surface area contributed by atoms with Gasteiger partial charge in [-0.3, -0.25) is 0 Å². The first-order valence-corrected chi connectivity index (χ1v) is 4.76. The van der Waals surface area contributed by atoms with Crippen LogP contribution >= 0.6 is 0 Å². The molecule has 0 fully saturated rings. The van der Waals surface area contributed by atoms with Crippen molar-refractivity contribution in [3.8, 4) is 0 Å². The minimum atomic E-state index is 0.840. The first-order valence-electron chi connectivity index (χ1n) is 4.76. The molecule has 2 heteroatoms. The topological polar surface area (TPSA) is 28.7 Å². The molecular formula is C10H18N2. The molecule has 0 unspecified atom stereocenters.